The van der Waals surface area contributed by atoms with E-state index in [1.165, 1.54) is 6.07 Å². The van der Waals surface area contributed by atoms with Crippen LogP contribution < -0.4 is 15.4 Å². The van der Waals surface area contributed by atoms with Gasteiger partial charge in [-0.15, -0.1) is 0 Å². The second kappa shape index (κ2) is 7.00. The van der Waals surface area contributed by atoms with E-state index in [-0.39, 0.29) is 29.5 Å². The van der Waals surface area contributed by atoms with E-state index in [0.717, 1.165) is 62.2 Å². The molecule has 1 unspecified atom stereocenters. The van der Waals surface area contributed by atoms with E-state index in [2.05, 4.69) is 10.6 Å². The average molecular weight is 427 g/mol. The molecule has 3 fully saturated rings. The van der Waals surface area contributed by atoms with E-state index >= 15 is 0 Å². The van der Waals surface area contributed by atoms with Crippen molar-refractivity contribution in [3.05, 3.63) is 23.8 Å². The Morgan fingerprint density at radius 3 is 2.59 bits per heavy atom. The van der Waals surface area contributed by atoms with Crippen molar-refractivity contribution in [1.82, 2.24) is 5.32 Å². The van der Waals surface area contributed by atoms with Gasteiger partial charge >= 0.3 is 6.18 Å². The van der Waals surface area contributed by atoms with Gasteiger partial charge in [-0.1, -0.05) is 0 Å². The monoisotopic (exact) mass is 426 g/mol. The number of carbonyl (C=O) groups is 1. The highest BCUT2D eigenvalue weighted by Crippen LogP contribution is 2.60. The molecule has 1 aromatic rings. The third kappa shape index (κ3) is 3.68. The number of halogens is 3. The Kier molecular flexibility index (Phi) is 4.68. The van der Waals surface area contributed by atoms with Gasteiger partial charge in [0.15, 0.2) is 6.23 Å². The molecule has 2 heterocycles. The Labute approximate surface area is 172 Å². The van der Waals surface area contributed by atoms with Crippen LogP contribution in [0.2, 0.25) is 0 Å². The lowest BCUT2D eigenvalue weighted by Gasteiger charge is -2.58. The summed E-state index contributed by atoms with van der Waals surface area (Å²) in [6.07, 6.45) is 1.37. The Bertz CT molecular complexity index is 796. The summed E-state index contributed by atoms with van der Waals surface area (Å²) >= 11 is 1.92. The molecule has 4 aliphatic rings. The fourth-order valence-corrected chi connectivity index (χ4v) is 6.53. The van der Waals surface area contributed by atoms with Gasteiger partial charge in [-0.05, 0) is 73.6 Å². The molecule has 2 saturated carbocycles. The molecule has 158 valence electrons. The summed E-state index contributed by atoms with van der Waals surface area (Å²) in [5.41, 5.74) is 0.0458. The van der Waals surface area contributed by atoms with Gasteiger partial charge in [0, 0.05) is 17.9 Å². The molecule has 5 rings (SSSR count). The zero-order valence-electron chi connectivity index (χ0n) is 16.1. The van der Waals surface area contributed by atoms with Crippen molar-refractivity contribution in [2.45, 2.75) is 57.0 Å². The SMILES string of the molecule is O=C(NC1CC2(C1)CC(C1Nc3cc(C(F)(F)F)ccc3O1)C2)C1CCSCC1. The Morgan fingerprint density at radius 2 is 1.90 bits per heavy atom. The summed E-state index contributed by atoms with van der Waals surface area (Å²) in [4.78, 5) is 12.4. The standard InChI is InChI=1S/C21H25F3N2O2S/c22-21(23,24)14-1-2-17-16(7-14)26-19(28-17)13-8-20(9-13)10-15(11-20)25-18(27)12-3-5-29-6-4-12/h1-2,7,12-13,15,19,26H,3-6,8-11H2,(H,25,27). The highest BCUT2D eigenvalue weighted by Gasteiger charge is 2.56. The first kappa shape index (κ1) is 19.4. The molecule has 0 aromatic heterocycles. The molecule has 1 amide bonds. The van der Waals surface area contributed by atoms with Crippen LogP contribution in [0.5, 0.6) is 5.75 Å². The minimum Gasteiger partial charge on any atom is -0.468 e. The van der Waals surface area contributed by atoms with Crippen molar-refractivity contribution in [3.8, 4) is 5.75 Å². The number of ether oxygens (including phenoxy) is 1. The molecule has 2 aliphatic heterocycles. The van der Waals surface area contributed by atoms with Crippen molar-refractivity contribution in [2.24, 2.45) is 17.3 Å². The van der Waals surface area contributed by atoms with Gasteiger partial charge in [-0.3, -0.25) is 4.79 Å². The smallest absolute Gasteiger partial charge is 0.416 e. The van der Waals surface area contributed by atoms with Gasteiger partial charge in [0.25, 0.3) is 0 Å². The lowest BCUT2D eigenvalue weighted by molar-refractivity contribution is -0.137. The largest absolute Gasteiger partial charge is 0.468 e. The number of alkyl halides is 3. The van der Waals surface area contributed by atoms with Crippen LogP contribution in [0.25, 0.3) is 0 Å². The van der Waals surface area contributed by atoms with E-state index in [4.69, 9.17) is 4.74 Å². The first-order valence-corrected chi connectivity index (χ1v) is 11.5. The van der Waals surface area contributed by atoms with E-state index < -0.39 is 11.7 Å². The van der Waals surface area contributed by atoms with Crippen molar-refractivity contribution in [1.29, 1.82) is 0 Å². The maximum absolute atomic E-state index is 12.9. The van der Waals surface area contributed by atoms with Crippen molar-refractivity contribution >= 4 is 23.4 Å². The number of nitrogens with one attached hydrogen (secondary N) is 2. The summed E-state index contributed by atoms with van der Waals surface area (Å²) in [7, 11) is 0. The van der Waals surface area contributed by atoms with Gasteiger partial charge in [0.2, 0.25) is 5.91 Å². The number of amides is 1. The first-order chi connectivity index (χ1) is 13.8. The summed E-state index contributed by atoms with van der Waals surface area (Å²) < 4.78 is 44.5. The third-order valence-corrected chi connectivity index (χ3v) is 8.02. The zero-order chi connectivity index (χ0) is 20.2. The number of carbonyl (C=O) groups excluding carboxylic acids is 1. The van der Waals surface area contributed by atoms with Crippen molar-refractivity contribution in [2.75, 3.05) is 16.8 Å². The molecule has 0 bridgehead atoms. The first-order valence-electron chi connectivity index (χ1n) is 10.3. The van der Waals surface area contributed by atoms with Gasteiger partial charge in [-0.25, -0.2) is 0 Å². The Hall–Kier alpha value is -1.57. The number of anilines is 1. The lowest BCUT2D eigenvalue weighted by atomic mass is 9.49. The fourth-order valence-electron chi connectivity index (χ4n) is 5.42. The van der Waals surface area contributed by atoms with E-state index in [1.54, 1.807) is 0 Å². The normalized spacial score (nSPS) is 33.8. The van der Waals surface area contributed by atoms with Crippen molar-refractivity contribution < 1.29 is 22.7 Å². The third-order valence-electron chi connectivity index (χ3n) is 6.97. The molecule has 1 atom stereocenters. The fraction of sp³-hybridized carbons (Fsp3) is 0.667. The lowest BCUT2D eigenvalue weighted by Crippen LogP contribution is -2.59. The Morgan fingerprint density at radius 1 is 1.17 bits per heavy atom. The number of rotatable bonds is 3. The minimum absolute atomic E-state index is 0.179. The molecular formula is C21H25F3N2O2S. The second-order valence-corrected chi connectivity index (χ2v) is 10.3. The molecule has 2 aliphatic carbocycles. The minimum atomic E-state index is -4.35. The van der Waals surface area contributed by atoms with Gasteiger partial charge in [-0.2, -0.15) is 24.9 Å². The molecule has 2 N–H and O–H groups in total. The molecule has 1 spiro atoms. The van der Waals surface area contributed by atoms with Crippen LogP contribution in [-0.2, 0) is 11.0 Å². The number of fused-ring (bicyclic) bond motifs is 1. The quantitative estimate of drug-likeness (QED) is 0.739. The van der Waals surface area contributed by atoms with Crippen LogP contribution in [0.1, 0.15) is 44.1 Å². The number of hydrogen-bond acceptors (Lipinski definition) is 4. The molecule has 1 saturated heterocycles. The van der Waals surface area contributed by atoms with Crippen molar-refractivity contribution in [3.63, 3.8) is 0 Å². The number of benzene rings is 1. The number of thioether (sulfide) groups is 1. The van der Waals surface area contributed by atoms with Crippen LogP contribution in [0.3, 0.4) is 0 Å². The van der Waals surface area contributed by atoms with Crippen LogP contribution in [0, 0.1) is 17.3 Å². The summed E-state index contributed by atoms with van der Waals surface area (Å²) in [6.45, 7) is 0. The molecule has 8 heteroatoms. The van der Waals surface area contributed by atoms with Gasteiger partial charge in [0.05, 0.1) is 11.3 Å². The highest BCUT2D eigenvalue weighted by molar-refractivity contribution is 7.99. The predicted molar refractivity (Wildman–Crippen MR) is 106 cm³/mol. The van der Waals surface area contributed by atoms with E-state index in [9.17, 15) is 18.0 Å². The van der Waals surface area contributed by atoms with Crippen LogP contribution in [0.4, 0.5) is 18.9 Å². The molecule has 29 heavy (non-hydrogen) atoms. The molecular weight excluding hydrogens is 401 g/mol. The second-order valence-electron chi connectivity index (χ2n) is 9.06. The maximum Gasteiger partial charge on any atom is 0.416 e. The van der Waals surface area contributed by atoms with Crippen LogP contribution in [0.15, 0.2) is 18.2 Å². The summed E-state index contributed by atoms with van der Waals surface area (Å²) in [6, 6.07) is 3.87. The number of hydrogen-bond donors (Lipinski definition) is 2. The predicted octanol–water partition coefficient (Wildman–Crippen LogP) is 4.65. The highest BCUT2D eigenvalue weighted by atomic mass is 32.2. The summed E-state index contributed by atoms with van der Waals surface area (Å²) in [5.74, 6) is 3.35. The van der Waals surface area contributed by atoms with E-state index in [0.29, 0.717) is 17.4 Å². The summed E-state index contributed by atoms with van der Waals surface area (Å²) in [5, 5.41) is 6.35. The zero-order valence-corrected chi connectivity index (χ0v) is 16.9. The Balaban J connectivity index is 1.10. The average Bonchev–Trinajstić information content (AvgIpc) is 3.05. The van der Waals surface area contributed by atoms with Gasteiger partial charge in [0.1, 0.15) is 5.75 Å². The van der Waals surface area contributed by atoms with Gasteiger partial charge < -0.3 is 15.4 Å². The maximum atomic E-state index is 12.9. The van der Waals surface area contributed by atoms with Crippen LogP contribution >= 0.6 is 11.8 Å². The topological polar surface area (TPSA) is 50.4 Å². The molecule has 0 radical (unpaired) electrons. The van der Waals surface area contributed by atoms with E-state index in [1.807, 2.05) is 11.8 Å². The molecule has 4 nitrogen and oxygen atoms in total. The molecule has 1 aromatic carbocycles. The van der Waals surface area contributed by atoms with Crippen LogP contribution in [-0.4, -0.2) is 29.7 Å².